The van der Waals surface area contributed by atoms with E-state index in [1.54, 1.807) is 6.08 Å². The summed E-state index contributed by atoms with van der Waals surface area (Å²) in [5.41, 5.74) is 0. The summed E-state index contributed by atoms with van der Waals surface area (Å²) in [6.45, 7) is 1.63. The summed E-state index contributed by atoms with van der Waals surface area (Å²) >= 11 is 0. The maximum Gasteiger partial charge on any atom is 0.220 e. The first-order valence-electron chi connectivity index (χ1n) is 43.1. The Morgan fingerprint density at radius 2 is 0.648 bits per heavy atom. The van der Waals surface area contributed by atoms with Gasteiger partial charge in [0.2, 0.25) is 5.91 Å². The van der Waals surface area contributed by atoms with E-state index in [0.29, 0.717) is 12.8 Å². The van der Waals surface area contributed by atoms with Crippen LogP contribution in [0.25, 0.3) is 0 Å². The highest BCUT2D eigenvalue weighted by molar-refractivity contribution is 5.76. The molecule has 19 heteroatoms. The van der Waals surface area contributed by atoms with E-state index in [0.717, 1.165) is 96.3 Å². The van der Waals surface area contributed by atoms with Gasteiger partial charge in [0, 0.05) is 6.42 Å². The Kier molecular flexibility index (Phi) is 62.0. The second-order valence-corrected chi connectivity index (χ2v) is 30.3. The number of carbonyl (C=O) groups is 1. The fraction of sp³-hybridized carbons (Fsp3) is 0.787. The van der Waals surface area contributed by atoms with Crippen LogP contribution >= 0.6 is 0 Å². The van der Waals surface area contributed by atoms with Crippen LogP contribution in [0.1, 0.15) is 316 Å². The number of aliphatic hydroxyl groups is 11. The Balaban J connectivity index is 1.37. The van der Waals surface area contributed by atoms with Crippen LogP contribution in [0.3, 0.4) is 0 Å². The van der Waals surface area contributed by atoms with E-state index in [2.05, 4.69) is 116 Å². The van der Waals surface area contributed by atoms with E-state index in [1.165, 1.54) is 186 Å². The van der Waals surface area contributed by atoms with Crippen molar-refractivity contribution in [3.05, 3.63) is 109 Å². The van der Waals surface area contributed by atoms with Crippen LogP contribution in [-0.2, 0) is 33.2 Å². The maximum atomic E-state index is 13.5. The number of allylic oxidation sites excluding steroid dienone is 17. The van der Waals surface area contributed by atoms with Gasteiger partial charge in [0.05, 0.1) is 38.6 Å². The Morgan fingerprint density at radius 1 is 0.343 bits per heavy atom. The largest absolute Gasteiger partial charge is 0.394 e. The van der Waals surface area contributed by atoms with Crippen molar-refractivity contribution in [1.29, 1.82) is 0 Å². The zero-order valence-electron chi connectivity index (χ0n) is 67.0. The minimum atomic E-state index is -1.99. The number of carbonyl (C=O) groups excluding carboxylic acids is 1. The SMILES string of the molecule is CC/C=C\C/C=C\C/C=C\C/C=C\C/C=C\C/C=C\C/C=C\CCCCCCCCCCCC(=O)NC(COC1OC(CO)C(OC2OC(CO)C(OC3OC(CO)C(O)C(O)C3O)C(O)C2O)C(O)C1O)C(O)/C=C/CC/C=C/CCCCCCCCCCCCCCCCCCCCCCCCCCCC. The second kappa shape index (κ2) is 67.9. The number of unbranched alkanes of at least 4 members (excludes halogenated alkanes) is 36. The molecule has 0 saturated carbocycles. The summed E-state index contributed by atoms with van der Waals surface area (Å²) in [5.74, 6) is -0.293. The van der Waals surface area contributed by atoms with Gasteiger partial charge in [0.1, 0.15) is 73.2 Å². The molecule has 0 spiro atoms. The van der Waals surface area contributed by atoms with Crippen LogP contribution in [0.15, 0.2) is 109 Å². The third-order valence-corrected chi connectivity index (χ3v) is 20.8. The van der Waals surface area contributed by atoms with Gasteiger partial charge in [-0.25, -0.2) is 0 Å². The predicted molar refractivity (Wildman–Crippen MR) is 434 cm³/mol. The molecule has 3 heterocycles. The number of aliphatic hydroxyl groups excluding tert-OH is 11. The van der Waals surface area contributed by atoms with Crippen LogP contribution in [0, 0.1) is 0 Å². The van der Waals surface area contributed by atoms with Gasteiger partial charge in [-0.15, -0.1) is 0 Å². The summed E-state index contributed by atoms with van der Waals surface area (Å²) in [7, 11) is 0. The minimum absolute atomic E-state index is 0.222. The fourth-order valence-electron chi connectivity index (χ4n) is 14.0. The number of rotatable bonds is 68. The molecule has 3 rings (SSSR count). The van der Waals surface area contributed by atoms with Gasteiger partial charge in [-0.1, -0.05) is 329 Å². The van der Waals surface area contributed by atoms with E-state index in [4.69, 9.17) is 28.4 Å². The van der Waals surface area contributed by atoms with E-state index < -0.39 is 124 Å². The molecule has 624 valence electrons. The predicted octanol–water partition coefficient (Wildman–Crippen LogP) is 15.7. The van der Waals surface area contributed by atoms with Crippen LogP contribution in [0.4, 0.5) is 0 Å². The zero-order chi connectivity index (χ0) is 78.1. The zero-order valence-corrected chi connectivity index (χ0v) is 67.0. The van der Waals surface area contributed by atoms with Crippen LogP contribution in [0.2, 0.25) is 0 Å². The first-order valence-corrected chi connectivity index (χ1v) is 43.1. The van der Waals surface area contributed by atoms with Gasteiger partial charge in [0.25, 0.3) is 0 Å². The highest BCUT2D eigenvalue weighted by Gasteiger charge is 2.54. The topological polar surface area (TPSA) is 307 Å². The number of hydrogen-bond acceptors (Lipinski definition) is 18. The minimum Gasteiger partial charge on any atom is -0.394 e. The van der Waals surface area contributed by atoms with Crippen molar-refractivity contribution in [3.63, 3.8) is 0 Å². The lowest BCUT2D eigenvalue weighted by Crippen LogP contribution is -2.66. The molecule has 3 aliphatic rings. The van der Waals surface area contributed by atoms with E-state index >= 15 is 0 Å². The van der Waals surface area contributed by atoms with Gasteiger partial charge >= 0.3 is 0 Å². The molecule has 1 amide bonds. The molecule has 19 nitrogen and oxygen atoms in total. The fourth-order valence-corrected chi connectivity index (χ4v) is 14.0. The Bertz CT molecular complexity index is 2380. The smallest absolute Gasteiger partial charge is 0.220 e. The highest BCUT2D eigenvalue weighted by Crippen LogP contribution is 2.33. The maximum absolute atomic E-state index is 13.5. The number of nitrogens with one attached hydrogen (secondary N) is 1. The molecular formula is C89H155NO18. The first kappa shape index (κ1) is 98.6. The molecule has 3 saturated heterocycles. The average Bonchev–Trinajstić information content (AvgIpc) is 0.779. The van der Waals surface area contributed by atoms with Crippen molar-refractivity contribution >= 4 is 5.91 Å². The monoisotopic (exact) mass is 1530 g/mol. The van der Waals surface area contributed by atoms with Crippen molar-refractivity contribution in [2.24, 2.45) is 0 Å². The Hall–Kier alpha value is -3.55. The normalized spacial score (nSPS) is 26.0. The van der Waals surface area contributed by atoms with Crippen molar-refractivity contribution < 1.29 is 89.4 Å². The van der Waals surface area contributed by atoms with Gasteiger partial charge in [-0.05, 0) is 89.9 Å². The van der Waals surface area contributed by atoms with Crippen molar-refractivity contribution in [3.8, 4) is 0 Å². The van der Waals surface area contributed by atoms with Crippen LogP contribution in [-0.4, -0.2) is 193 Å². The lowest BCUT2D eigenvalue weighted by Gasteiger charge is -2.48. The summed E-state index contributed by atoms with van der Waals surface area (Å²) in [6.07, 6.45) is 68.0. The molecule has 0 bridgehead atoms. The quantitative estimate of drug-likeness (QED) is 0.0199. The molecule has 0 radical (unpaired) electrons. The third kappa shape index (κ3) is 46.6. The van der Waals surface area contributed by atoms with E-state index in [1.807, 2.05) is 6.08 Å². The summed E-state index contributed by atoms with van der Waals surface area (Å²) in [4.78, 5) is 13.5. The standard InChI is InChI=1S/C89H155NO18/c1-3-5-7-9-11-13-15-17-19-21-23-25-27-29-31-33-35-37-38-40-42-44-46-48-50-52-54-56-58-60-62-64-66-73(94)72(90-77(95)67-65-63-61-59-57-55-53-51-49-47-45-43-41-39-36-34-32-30-28-26-24-22-20-18-16-14-12-10-8-6-4-2)71-103-87-83(101)80(98)85(75(69-92)105-87)108-89-84(102)81(99)86(76(70-93)106-89)107-88-82(100)79(97)78(96)74(68-91)104-88/h6,8,12,14,18,20,24,26,30,32,36,39,43,45,56,58,64,66,72-76,78-89,91-94,96-102H,3-5,7,9-11,13,15-17,19,21-23,25,27-29,31,33-35,37-38,40-42,44,46-55,57,59-63,65,67-71H2,1-2H3,(H,90,95)/b8-6-,14-12-,20-18-,26-24-,32-30-,39-36-,45-43-,58-56+,66-64+. The lowest BCUT2D eigenvalue weighted by molar-refractivity contribution is -0.379. The third-order valence-electron chi connectivity index (χ3n) is 20.8. The molecule has 3 fully saturated rings. The van der Waals surface area contributed by atoms with Crippen molar-refractivity contribution in [1.82, 2.24) is 5.32 Å². The molecule has 0 aromatic rings. The first-order chi connectivity index (χ1) is 52.8. The summed E-state index contributed by atoms with van der Waals surface area (Å²) in [6, 6.07) is -1.00. The molecule has 108 heavy (non-hydrogen) atoms. The average molecular weight is 1530 g/mol. The molecule has 17 unspecified atom stereocenters. The van der Waals surface area contributed by atoms with Gasteiger partial charge in [0.15, 0.2) is 18.9 Å². The van der Waals surface area contributed by atoms with Crippen molar-refractivity contribution in [2.75, 3.05) is 26.4 Å². The van der Waals surface area contributed by atoms with E-state index in [9.17, 15) is 61.0 Å². The van der Waals surface area contributed by atoms with Crippen LogP contribution in [0.5, 0.6) is 0 Å². The summed E-state index contributed by atoms with van der Waals surface area (Å²) < 4.78 is 34.5. The molecule has 17 atom stereocenters. The lowest BCUT2D eigenvalue weighted by atomic mass is 9.96. The van der Waals surface area contributed by atoms with Crippen molar-refractivity contribution in [2.45, 2.75) is 420 Å². The summed E-state index contributed by atoms with van der Waals surface area (Å²) in [5, 5.41) is 121. The van der Waals surface area contributed by atoms with E-state index in [-0.39, 0.29) is 18.9 Å². The molecule has 12 N–H and O–H groups in total. The molecule has 0 aromatic carbocycles. The van der Waals surface area contributed by atoms with Gasteiger partial charge in [-0.2, -0.15) is 0 Å². The molecule has 0 aliphatic carbocycles. The van der Waals surface area contributed by atoms with Gasteiger partial charge < -0.3 is 89.9 Å². The molecular weight excluding hydrogens is 1370 g/mol. The molecule has 3 aliphatic heterocycles. The molecule has 0 aromatic heterocycles. The Labute approximate surface area is 653 Å². The highest BCUT2D eigenvalue weighted by atomic mass is 16.8. The number of hydrogen-bond donors (Lipinski definition) is 12. The number of amides is 1. The second-order valence-electron chi connectivity index (χ2n) is 30.3. The number of ether oxygens (including phenoxy) is 6. The van der Waals surface area contributed by atoms with Gasteiger partial charge in [-0.3, -0.25) is 4.79 Å². The van der Waals surface area contributed by atoms with Crippen LogP contribution < -0.4 is 5.32 Å². The Morgan fingerprint density at radius 3 is 1.04 bits per heavy atom.